The molecular formula is C13H18O. The molecule has 1 fully saturated rings. The number of epoxide rings is 1. The second-order valence-electron chi connectivity index (χ2n) is 4.24. The molecule has 0 N–H and O–H groups in total. The molecule has 0 spiro atoms. The Morgan fingerprint density at radius 2 is 2.00 bits per heavy atom. The van der Waals surface area contributed by atoms with Crippen LogP contribution in [0.3, 0.4) is 0 Å². The van der Waals surface area contributed by atoms with E-state index in [-0.39, 0.29) is 5.60 Å². The predicted octanol–water partition coefficient (Wildman–Crippen LogP) is 3.19. The minimum atomic E-state index is 0.206. The van der Waals surface area contributed by atoms with Crippen LogP contribution in [-0.2, 0) is 11.2 Å². The van der Waals surface area contributed by atoms with Crippen molar-refractivity contribution in [2.45, 2.75) is 38.2 Å². The first-order valence-corrected chi connectivity index (χ1v) is 5.52. The van der Waals surface area contributed by atoms with E-state index < -0.39 is 0 Å². The van der Waals surface area contributed by atoms with Crippen molar-refractivity contribution in [2.75, 3.05) is 6.61 Å². The lowest BCUT2D eigenvalue weighted by molar-refractivity contribution is 0.281. The highest BCUT2D eigenvalue weighted by molar-refractivity contribution is 5.18. The van der Waals surface area contributed by atoms with E-state index in [0.717, 1.165) is 13.0 Å². The van der Waals surface area contributed by atoms with E-state index in [1.165, 1.54) is 24.8 Å². The third-order valence-corrected chi connectivity index (χ3v) is 2.91. The van der Waals surface area contributed by atoms with Gasteiger partial charge in [0, 0.05) is 6.42 Å². The molecule has 0 unspecified atom stereocenters. The Morgan fingerprint density at radius 3 is 2.57 bits per heavy atom. The quantitative estimate of drug-likeness (QED) is 0.650. The fourth-order valence-corrected chi connectivity index (χ4v) is 1.90. The summed E-state index contributed by atoms with van der Waals surface area (Å²) in [4.78, 5) is 0. The van der Waals surface area contributed by atoms with Gasteiger partial charge in [0.25, 0.3) is 0 Å². The molecule has 2 rings (SSSR count). The third kappa shape index (κ3) is 2.36. The highest BCUT2D eigenvalue weighted by atomic mass is 16.6. The Labute approximate surface area is 86.1 Å². The summed E-state index contributed by atoms with van der Waals surface area (Å²) in [5.74, 6) is 0. The van der Waals surface area contributed by atoms with Crippen molar-refractivity contribution in [3.05, 3.63) is 35.9 Å². The number of benzene rings is 1. The van der Waals surface area contributed by atoms with Gasteiger partial charge in [-0.05, 0) is 12.0 Å². The van der Waals surface area contributed by atoms with Gasteiger partial charge in [-0.15, -0.1) is 0 Å². The molecule has 1 aromatic rings. The topological polar surface area (TPSA) is 12.5 Å². The zero-order valence-electron chi connectivity index (χ0n) is 8.83. The van der Waals surface area contributed by atoms with Crippen molar-refractivity contribution >= 4 is 0 Å². The van der Waals surface area contributed by atoms with Gasteiger partial charge in [0.1, 0.15) is 0 Å². The standard InChI is InChI=1S/C13H18O/c1-2-3-9-13(11-14-13)10-12-7-5-4-6-8-12/h4-8H,2-3,9-11H2,1H3/t13-/m1/s1. The molecule has 76 valence electrons. The third-order valence-electron chi connectivity index (χ3n) is 2.91. The predicted molar refractivity (Wildman–Crippen MR) is 58.4 cm³/mol. The minimum Gasteiger partial charge on any atom is -0.369 e. The zero-order valence-corrected chi connectivity index (χ0v) is 8.83. The summed E-state index contributed by atoms with van der Waals surface area (Å²) in [6.07, 6.45) is 4.86. The molecular weight excluding hydrogens is 172 g/mol. The first-order chi connectivity index (χ1) is 6.85. The van der Waals surface area contributed by atoms with Crippen LogP contribution >= 0.6 is 0 Å². The Hall–Kier alpha value is -0.820. The van der Waals surface area contributed by atoms with Gasteiger partial charge in [-0.25, -0.2) is 0 Å². The van der Waals surface area contributed by atoms with Crippen molar-refractivity contribution in [2.24, 2.45) is 0 Å². The summed E-state index contributed by atoms with van der Waals surface area (Å²) in [5, 5.41) is 0. The average Bonchev–Trinajstić information content (AvgIpc) is 2.97. The van der Waals surface area contributed by atoms with Crippen LogP contribution in [-0.4, -0.2) is 12.2 Å². The van der Waals surface area contributed by atoms with Crippen LogP contribution in [0.1, 0.15) is 31.7 Å². The van der Waals surface area contributed by atoms with E-state index in [0.29, 0.717) is 0 Å². The first-order valence-electron chi connectivity index (χ1n) is 5.52. The normalized spacial score (nSPS) is 24.9. The molecule has 1 aromatic carbocycles. The molecule has 0 amide bonds. The number of hydrogen-bond acceptors (Lipinski definition) is 1. The molecule has 1 atom stereocenters. The van der Waals surface area contributed by atoms with Gasteiger partial charge in [-0.1, -0.05) is 50.1 Å². The number of ether oxygens (including phenoxy) is 1. The van der Waals surface area contributed by atoms with Crippen LogP contribution in [0.2, 0.25) is 0 Å². The molecule has 1 saturated heterocycles. The highest BCUT2D eigenvalue weighted by Crippen LogP contribution is 2.36. The molecule has 1 aliphatic heterocycles. The maximum absolute atomic E-state index is 5.60. The molecule has 0 radical (unpaired) electrons. The maximum atomic E-state index is 5.60. The van der Waals surface area contributed by atoms with Gasteiger partial charge in [0.05, 0.1) is 12.2 Å². The van der Waals surface area contributed by atoms with E-state index >= 15 is 0 Å². The Balaban J connectivity index is 1.91. The van der Waals surface area contributed by atoms with Crippen LogP contribution in [0.15, 0.2) is 30.3 Å². The van der Waals surface area contributed by atoms with Crippen LogP contribution in [0, 0.1) is 0 Å². The summed E-state index contributed by atoms with van der Waals surface area (Å²) >= 11 is 0. The molecule has 0 saturated carbocycles. The molecule has 1 nitrogen and oxygen atoms in total. The lowest BCUT2D eigenvalue weighted by Gasteiger charge is -2.10. The van der Waals surface area contributed by atoms with Crippen molar-refractivity contribution in [1.82, 2.24) is 0 Å². The monoisotopic (exact) mass is 190 g/mol. The van der Waals surface area contributed by atoms with E-state index in [1.54, 1.807) is 0 Å². The molecule has 1 aliphatic rings. The Morgan fingerprint density at radius 1 is 1.29 bits per heavy atom. The number of hydrogen-bond donors (Lipinski definition) is 0. The highest BCUT2D eigenvalue weighted by Gasteiger charge is 2.43. The van der Waals surface area contributed by atoms with E-state index in [9.17, 15) is 0 Å². The van der Waals surface area contributed by atoms with E-state index in [1.807, 2.05) is 0 Å². The molecule has 1 heterocycles. The second-order valence-corrected chi connectivity index (χ2v) is 4.24. The molecule has 14 heavy (non-hydrogen) atoms. The summed E-state index contributed by atoms with van der Waals surface area (Å²) in [6, 6.07) is 10.6. The molecule has 0 bridgehead atoms. The zero-order chi connectivity index (χ0) is 9.86. The van der Waals surface area contributed by atoms with Gasteiger partial charge in [0.15, 0.2) is 0 Å². The number of unbranched alkanes of at least 4 members (excludes halogenated alkanes) is 1. The van der Waals surface area contributed by atoms with Gasteiger partial charge in [-0.2, -0.15) is 0 Å². The van der Waals surface area contributed by atoms with Gasteiger partial charge in [0.2, 0.25) is 0 Å². The Kier molecular flexibility index (Phi) is 2.87. The SMILES string of the molecule is CCCC[C@@]1(Cc2ccccc2)CO1. The Bertz CT molecular complexity index is 275. The van der Waals surface area contributed by atoms with Crippen molar-refractivity contribution in [3.8, 4) is 0 Å². The lowest BCUT2D eigenvalue weighted by Crippen LogP contribution is -2.14. The largest absolute Gasteiger partial charge is 0.369 e. The van der Waals surface area contributed by atoms with Crippen molar-refractivity contribution in [1.29, 1.82) is 0 Å². The van der Waals surface area contributed by atoms with Crippen LogP contribution in [0.5, 0.6) is 0 Å². The van der Waals surface area contributed by atoms with Gasteiger partial charge in [-0.3, -0.25) is 0 Å². The van der Waals surface area contributed by atoms with Crippen LogP contribution in [0.25, 0.3) is 0 Å². The first kappa shape index (κ1) is 9.72. The summed E-state index contributed by atoms with van der Waals surface area (Å²) < 4.78 is 5.60. The summed E-state index contributed by atoms with van der Waals surface area (Å²) in [6.45, 7) is 3.19. The average molecular weight is 190 g/mol. The minimum absolute atomic E-state index is 0.206. The van der Waals surface area contributed by atoms with E-state index in [2.05, 4.69) is 37.3 Å². The van der Waals surface area contributed by atoms with Crippen molar-refractivity contribution in [3.63, 3.8) is 0 Å². The second kappa shape index (κ2) is 4.14. The fourth-order valence-electron chi connectivity index (χ4n) is 1.90. The lowest BCUT2D eigenvalue weighted by atomic mass is 9.95. The molecule has 0 aromatic heterocycles. The maximum Gasteiger partial charge on any atom is 0.0956 e. The molecule has 0 aliphatic carbocycles. The van der Waals surface area contributed by atoms with Crippen LogP contribution in [0.4, 0.5) is 0 Å². The smallest absolute Gasteiger partial charge is 0.0956 e. The number of rotatable bonds is 5. The molecule has 1 heteroatoms. The van der Waals surface area contributed by atoms with Gasteiger partial charge >= 0.3 is 0 Å². The summed E-state index contributed by atoms with van der Waals surface area (Å²) in [7, 11) is 0. The van der Waals surface area contributed by atoms with Crippen LogP contribution < -0.4 is 0 Å². The summed E-state index contributed by atoms with van der Waals surface area (Å²) in [5.41, 5.74) is 1.61. The van der Waals surface area contributed by atoms with Crippen molar-refractivity contribution < 1.29 is 4.74 Å². The van der Waals surface area contributed by atoms with Gasteiger partial charge < -0.3 is 4.74 Å². The fraction of sp³-hybridized carbons (Fsp3) is 0.538. The van der Waals surface area contributed by atoms with E-state index in [4.69, 9.17) is 4.74 Å².